The van der Waals surface area contributed by atoms with Crippen LogP contribution in [0.15, 0.2) is 9.26 Å². The van der Waals surface area contributed by atoms with E-state index < -0.39 is 14.9 Å². The van der Waals surface area contributed by atoms with Gasteiger partial charge >= 0.3 is 0 Å². The van der Waals surface area contributed by atoms with Crippen LogP contribution in [0.3, 0.4) is 0 Å². The van der Waals surface area contributed by atoms with Crippen molar-refractivity contribution in [3.05, 3.63) is 0 Å². The molecule has 0 aliphatic heterocycles. The van der Waals surface area contributed by atoms with Gasteiger partial charge in [0.05, 0.1) is 11.8 Å². The lowest BCUT2D eigenvalue weighted by Crippen LogP contribution is -2.31. The number of nitrogens with zero attached hydrogens (tertiary/aromatic N) is 6. The van der Waals surface area contributed by atoms with Gasteiger partial charge in [0, 0.05) is 0 Å². The zero-order chi connectivity index (χ0) is 18.6. The van der Waals surface area contributed by atoms with E-state index in [0.717, 1.165) is 6.29 Å². The summed E-state index contributed by atoms with van der Waals surface area (Å²) < 4.78 is 19.7. The first-order chi connectivity index (χ1) is 10.2. The summed E-state index contributed by atoms with van der Waals surface area (Å²) in [4.78, 5) is 0. The Morgan fingerprint density at radius 1 is 0.783 bits per heavy atom. The van der Waals surface area contributed by atoms with E-state index in [0.29, 0.717) is 0 Å². The van der Waals surface area contributed by atoms with Crippen molar-refractivity contribution < 1.29 is 0 Å². The summed E-state index contributed by atoms with van der Waals surface area (Å²) in [5, 5.41) is 3.33. The average molecular weight is 367 g/mol. The van der Waals surface area contributed by atoms with E-state index in [9.17, 15) is 0 Å². The summed E-state index contributed by atoms with van der Waals surface area (Å²) in [5.41, 5.74) is -0.140. The van der Waals surface area contributed by atoms with Gasteiger partial charge in [-0.15, -0.1) is 0 Å². The van der Waals surface area contributed by atoms with Gasteiger partial charge in [0.25, 0.3) is 0 Å². The molecule has 0 aromatic rings. The van der Waals surface area contributed by atoms with Crippen molar-refractivity contribution in [3.63, 3.8) is 0 Å². The second kappa shape index (κ2) is 8.57. The van der Waals surface area contributed by atoms with Crippen LogP contribution in [-0.2, 0) is 0 Å². The number of hydrogen-bond acceptors (Lipinski definition) is 2. The van der Waals surface area contributed by atoms with E-state index in [1.54, 1.807) is 0 Å². The average Bonchev–Trinajstić information content (AvgIpc) is 2.32. The van der Waals surface area contributed by atoms with Crippen LogP contribution in [0.5, 0.6) is 0 Å². The topological polar surface area (TPSA) is 49.7 Å². The Morgan fingerprint density at radius 2 is 1.17 bits per heavy atom. The minimum Gasteiger partial charge on any atom is -0.312 e. The minimum absolute atomic E-state index is 0.140. The molecule has 0 rings (SSSR count). The van der Waals surface area contributed by atoms with Crippen LogP contribution in [0, 0.1) is 0 Å². The first kappa shape index (κ1) is 23.3. The number of nitrogens with one attached hydrogen (secondary N) is 1. The van der Waals surface area contributed by atoms with Crippen molar-refractivity contribution in [3.8, 4) is 0 Å². The molecule has 0 saturated carbocycles. The van der Waals surface area contributed by atoms with Crippen LogP contribution in [0.2, 0.25) is 0 Å². The van der Waals surface area contributed by atoms with E-state index in [2.05, 4.69) is 101 Å². The smallest absolute Gasteiger partial charge is 0.172 e. The molecule has 0 saturated heterocycles. The lowest BCUT2D eigenvalue weighted by molar-refractivity contribution is 0.474. The SMILES string of the molecule is CNCP(=NC(C)(C)C)(N=P(N(C)C)(N(C)C)N(C)C)N(C)C. The van der Waals surface area contributed by atoms with Crippen LogP contribution in [0.4, 0.5) is 0 Å². The van der Waals surface area contributed by atoms with Gasteiger partial charge in [-0.1, -0.05) is 0 Å². The van der Waals surface area contributed by atoms with Gasteiger partial charge < -0.3 is 5.32 Å². The molecular formula is C14H39N7P2. The van der Waals surface area contributed by atoms with Gasteiger partial charge in [0.1, 0.15) is 0 Å². The molecule has 0 aromatic carbocycles. The van der Waals surface area contributed by atoms with Crippen molar-refractivity contribution in [2.75, 3.05) is 69.7 Å². The molecule has 0 aliphatic carbocycles. The van der Waals surface area contributed by atoms with Gasteiger partial charge in [-0.3, -0.25) is 23.4 Å². The monoisotopic (exact) mass is 367 g/mol. The standard InChI is InChI=1S/C14H39N7P2/c1-14(2,3)16-22(13-15-4,18(5)6)17-23(19(7)8,20(9)10)21(11)12/h15H,13H2,1-12H3. The maximum Gasteiger partial charge on any atom is 0.172 e. The number of hydrogen-bond donors (Lipinski definition) is 1. The molecule has 140 valence electrons. The molecule has 0 fully saturated rings. The van der Waals surface area contributed by atoms with Crippen molar-refractivity contribution in [1.29, 1.82) is 0 Å². The molecule has 23 heavy (non-hydrogen) atoms. The normalized spacial score (nSPS) is 16.3. The van der Waals surface area contributed by atoms with Gasteiger partial charge in [0.15, 0.2) is 14.9 Å². The minimum atomic E-state index is -2.08. The van der Waals surface area contributed by atoms with Crippen molar-refractivity contribution in [1.82, 2.24) is 24.0 Å². The van der Waals surface area contributed by atoms with E-state index >= 15 is 0 Å². The molecule has 0 aromatic heterocycles. The fourth-order valence-electron chi connectivity index (χ4n) is 2.60. The molecule has 0 spiro atoms. The molecule has 0 bridgehead atoms. The van der Waals surface area contributed by atoms with E-state index in [-0.39, 0.29) is 5.54 Å². The highest BCUT2D eigenvalue weighted by molar-refractivity contribution is 7.72. The Kier molecular flexibility index (Phi) is 8.67. The fraction of sp³-hybridized carbons (Fsp3) is 1.00. The molecule has 1 N–H and O–H groups in total. The summed E-state index contributed by atoms with van der Waals surface area (Å²) in [6, 6.07) is 0. The highest BCUT2D eigenvalue weighted by Crippen LogP contribution is 2.67. The molecule has 0 radical (unpaired) electrons. The van der Waals surface area contributed by atoms with Gasteiger partial charge in [-0.05, 0) is 84.2 Å². The zero-order valence-corrected chi connectivity index (χ0v) is 19.1. The van der Waals surface area contributed by atoms with Crippen molar-refractivity contribution >= 4 is 14.9 Å². The number of rotatable bonds is 7. The summed E-state index contributed by atoms with van der Waals surface area (Å²) in [5.74, 6) is 0. The molecule has 0 heterocycles. The Morgan fingerprint density at radius 3 is 1.39 bits per heavy atom. The zero-order valence-electron chi connectivity index (χ0n) is 17.3. The van der Waals surface area contributed by atoms with Gasteiger partial charge in [-0.25, -0.2) is 4.52 Å². The fourth-order valence-corrected chi connectivity index (χ4v) is 11.2. The third-order valence-electron chi connectivity index (χ3n) is 3.34. The van der Waals surface area contributed by atoms with Crippen LogP contribution in [0.1, 0.15) is 20.8 Å². The maximum absolute atomic E-state index is 5.51. The second-order valence-electron chi connectivity index (χ2n) is 7.49. The maximum atomic E-state index is 5.51. The van der Waals surface area contributed by atoms with Crippen LogP contribution in [-0.4, -0.2) is 93.9 Å². The molecule has 9 heteroatoms. The molecule has 0 aliphatic rings. The van der Waals surface area contributed by atoms with E-state index in [1.165, 1.54) is 0 Å². The molecule has 0 amide bonds. The Hall–Kier alpha value is 0.260. The largest absolute Gasteiger partial charge is 0.312 e. The van der Waals surface area contributed by atoms with E-state index in [1.807, 2.05) is 7.05 Å². The lowest BCUT2D eigenvalue weighted by atomic mass is 10.1. The predicted octanol–water partition coefficient (Wildman–Crippen LogP) is 3.19. The summed E-state index contributed by atoms with van der Waals surface area (Å²) >= 11 is 0. The highest BCUT2D eigenvalue weighted by atomic mass is 31.2. The first-order valence-electron chi connectivity index (χ1n) is 7.87. The second-order valence-corrected chi connectivity index (χ2v) is 14.4. The van der Waals surface area contributed by atoms with Crippen molar-refractivity contribution in [2.24, 2.45) is 9.26 Å². The first-order valence-corrected chi connectivity index (χ1v) is 11.3. The summed E-state index contributed by atoms with van der Waals surface area (Å²) in [6.07, 6.45) is 0.772. The molecule has 7 nitrogen and oxygen atoms in total. The quantitative estimate of drug-likeness (QED) is 0.701. The lowest BCUT2D eigenvalue weighted by Gasteiger charge is -2.44. The molecule has 1 unspecified atom stereocenters. The van der Waals surface area contributed by atoms with Crippen LogP contribution < -0.4 is 5.32 Å². The Labute approximate surface area is 144 Å². The Balaban J connectivity index is 6.89. The van der Waals surface area contributed by atoms with E-state index in [4.69, 9.17) is 9.26 Å². The van der Waals surface area contributed by atoms with Crippen molar-refractivity contribution in [2.45, 2.75) is 26.3 Å². The molecule has 1 atom stereocenters. The third kappa shape index (κ3) is 5.64. The summed E-state index contributed by atoms with van der Waals surface area (Å²) in [7, 11) is 14.7. The molecular weight excluding hydrogens is 328 g/mol. The van der Waals surface area contributed by atoms with Crippen LogP contribution in [0.25, 0.3) is 0 Å². The highest BCUT2D eigenvalue weighted by Gasteiger charge is 2.34. The summed E-state index contributed by atoms with van der Waals surface area (Å²) in [6.45, 7) is 6.45. The third-order valence-corrected chi connectivity index (χ3v) is 11.6. The Bertz CT molecular complexity index is 447. The predicted molar refractivity (Wildman–Crippen MR) is 107 cm³/mol. The van der Waals surface area contributed by atoms with Crippen LogP contribution >= 0.6 is 14.9 Å². The van der Waals surface area contributed by atoms with Gasteiger partial charge in [0.2, 0.25) is 0 Å². The van der Waals surface area contributed by atoms with Gasteiger partial charge in [-0.2, -0.15) is 0 Å².